The van der Waals surface area contributed by atoms with Gasteiger partial charge in [-0.25, -0.2) is 0 Å². The van der Waals surface area contributed by atoms with E-state index in [0.717, 1.165) is 64.7 Å². The number of hydrogen-bond acceptors (Lipinski definition) is 5. The molecule has 0 spiro atoms. The van der Waals surface area contributed by atoms with Crippen molar-refractivity contribution < 1.29 is 9.53 Å². The second-order valence-electron chi connectivity index (χ2n) is 7.65. The monoisotopic (exact) mass is 511 g/mol. The number of rotatable bonds is 5. The van der Waals surface area contributed by atoms with Gasteiger partial charge in [-0.1, -0.05) is 0 Å². The number of carbonyl (C=O) groups is 1. The molecule has 3 aliphatic heterocycles. The fourth-order valence-electron chi connectivity index (χ4n) is 4.42. The van der Waals surface area contributed by atoms with Gasteiger partial charge < -0.3 is 20.7 Å². The van der Waals surface area contributed by atoms with Crippen molar-refractivity contribution in [1.29, 1.82) is 0 Å². The van der Waals surface area contributed by atoms with Crippen LogP contribution in [0, 0.1) is 5.92 Å². The predicted octanol–water partition coefficient (Wildman–Crippen LogP) is 0.975. The Kier molecular flexibility index (Phi) is 9.43. The number of piperidine rings is 1. The highest BCUT2D eigenvalue weighted by Gasteiger charge is 2.41. The molecule has 0 aromatic heterocycles. The van der Waals surface area contributed by atoms with Gasteiger partial charge in [-0.05, 0) is 30.9 Å². The van der Waals surface area contributed by atoms with Crippen molar-refractivity contribution in [2.45, 2.75) is 31.2 Å². The van der Waals surface area contributed by atoms with E-state index in [4.69, 9.17) is 10.5 Å². The Morgan fingerprint density at radius 2 is 2.15 bits per heavy atom. The molecule has 3 N–H and O–H groups in total. The summed E-state index contributed by atoms with van der Waals surface area (Å²) in [5.41, 5.74) is 5.60. The summed E-state index contributed by atoms with van der Waals surface area (Å²) in [7, 11) is 1.85. The zero-order valence-electron chi connectivity index (χ0n) is 16.3. The molecule has 0 saturated carbocycles. The summed E-state index contributed by atoms with van der Waals surface area (Å²) in [6.45, 7) is 6.49. The molecule has 0 bridgehead atoms. The zero-order valence-corrected chi connectivity index (χ0v) is 19.5. The van der Waals surface area contributed by atoms with Crippen LogP contribution in [0.15, 0.2) is 4.99 Å². The molecular weight excluding hydrogens is 477 g/mol. The maximum absolute atomic E-state index is 11.3. The Morgan fingerprint density at radius 1 is 1.37 bits per heavy atom. The lowest BCUT2D eigenvalue weighted by atomic mass is 9.94. The van der Waals surface area contributed by atoms with Crippen molar-refractivity contribution in [2.75, 3.05) is 64.5 Å². The molecule has 0 aliphatic carbocycles. The summed E-state index contributed by atoms with van der Waals surface area (Å²) < 4.78 is 5.55. The van der Waals surface area contributed by atoms with Gasteiger partial charge in [0.25, 0.3) is 0 Å². The number of primary amides is 1. The van der Waals surface area contributed by atoms with Gasteiger partial charge in [0.15, 0.2) is 5.96 Å². The minimum atomic E-state index is -0.200. The van der Waals surface area contributed by atoms with Crippen LogP contribution in [0.4, 0.5) is 0 Å². The highest BCUT2D eigenvalue weighted by molar-refractivity contribution is 14.0. The highest BCUT2D eigenvalue weighted by atomic mass is 127. The lowest BCUT2D eigenvalue weighted by Gasteiger charge is -2.44. The molecule has 1 amide bonds. The number of ether oxygens (including phenoxy) is 1. The van der Waals surface area contributed by atoms with E-state index in [-0.39, 0.29) is 35.4 Å². The van der Waals surface area contributed by atoms with E-state index >= 15 is 0 Å². The number of aliphatic imine (C=N–C) groups is 1. The third-order valence-electron chi connectivity index (χ3n) is 5.86. The SMILES string of the molecule is CN=C(NCC1(N2CCOCC2)CCSC1)N1CCCC(CC(N)=O)C1.I. The van der Waals surface area contributed by atoms with E-state index in [9.17, 15) is 4.79 Å². The maximum Gasteiger partial charge on any atom is 0.217 e. The first-order valence-corrected chi connectivity index (χ1v) is 10.9. The minimum absolute atomic E-state index is 0. The molecule has 3 fully saturated rings. The van der Waals surface area contributed by atoms with E-state index < -0.39 is 0 Å². The van der Waals surface area contributed by atoms with Crippen molar-refractivity contribution >= 4 is 47.6 Å². The van der Waals surface area contributed by atoms with Gasteiger partial charge >= 0.3 is 0 Å². The van der Waals surface area contributed by atoms with Gasteiger partial charge in [-0.15, -0.1) is 24.0 Å². The smallest absolute Gasteiger partial charge is 0.217 e. The highest BCUT2D eigenvalue weighted by Crippen LogP contribution is 2.33. The van der Waals surface area contributed by atoms with Gasteiger partial charge in [0.1, 0.15) is 0 Å². The zero-order chi connectivity index (χ0) is 18.4. The van der Waals surface area contributed by atoms with Gasteiger partial charge in [-0.3, -0.25) is 14.7 Å². The lowest BCUT2D eigenvalue weighted by Crippen LogP contribution is -2.60. The number of halogens is 1. The molecule has 3 saturated heterocycles. The van der Waals surface area contributed by atoms with E-state index in [1.165, 1.54) is 17.9 Å². The van der Waals surface area contributed by atoms with Crippen LogP contribution in [-0.2, 0) is 9.53 Å². The first kappa shape index (κ1) is 23.0. The van der Waals surface area contributed by atoms with Crippen molar-refractivity contribution in [1.82, 2.24) is 15.1 Å². The standard InChI is InChI=1S/C18H33N5O2S.HI/c1-20-17(22-5-2-3-15(12-22)11-16(19)24)21-13-18(4-10-26-14-18)23-6-8-25-9-7-23;/h15H,2-14H2,1H3,(H2,19,24)(H,20,21);1H. The maximum atomic E-state index is 11.3. The average Bonchev–Trinajstić information content (AvgIpc) is 3.13. The van der Waals surface area contributed by atoms with Crippen molar-refractivity contribution in [3.63, 3.8) is 0 Å². The van der Waals surface area contributed by atoms with Crippen LogP contribution in [0.5, 0.6) is 0 Å². The number of nitrogens with one attached hydrogen (secondary N) is 1. The summed E-state index contributed by atoms with van der Waals surface area (Å²) in [4.78, 5) is 20.7. The van der Waals surface area contributed by atoms with Crippen molar-refractivity contribution in [2.24, 2.45) is 16.6 Å². The second-order valence-corrected chi connectivity index (χ2v) is 8.76. The van der Waals surface area contributed by atoms with Gasteiger partial charge in [0, 0.05) is 57.5 Å². The minimum Gasteiger partial charge on any atom is -0.379 e. The molecule has 7 nitrogen and oxygen atoms in total. The summed E-state index contributed by atoms with van der Waals surface area (Å²) in [5.74, 6) is 3.50. The Bertz CT molecular complexity index is 510. The molecule has 3 rings (SSSR count). The number of carbonyl (C=O) groups excluding carboxylic acids is 1. The average molecular weight is 511 g/mol. The molecule has 156 valence electrons. The van der Waals surface area contributed by atoms with Crippen molar-refractivity contribution in [3.8, 4) is 0 Å². The first-order chi connectivity index (χ1) is 12.6. The van der Waals surface area contributed by atoms with Crippen LogP contribution in [0.2, 0.25) is 0 Å². The Hall–Kier alpha value is -0.260. The summed E-state index contributed by atoms with van der Waals surface area (Å²) >= 11 is 2.05. The number of likely N-dealkylation sites (tertiary alicyclic amines) is 1. The predicted molar refractivity (Wildman–Crippen MR) is 122 cm³/mol. The van der Waals surface area contributed by atoms with E-state index in [2.05, 4.69) is 20.1 Å². The Morgan fingerprint density at radius 3 is 2.78 bits per heavy atom. The molecule has 27 heavy (non-hydrogen) atoms. The molecule has 2 unspecified atom stereocenters. The number of morpholine rings is 1. The van der Waals surface area contributed by atoms with Gasteiger partial charge in [0.05, 0.1) is 13.2 Å². The molecule has 0 aromatic carbocycles. The van der Waals surface area contributed by atoms with Crippen LogP contribution in [0.3, 0.4) is 0 Å². The quantitative estimate of drug-likeness (QED) is 0.325. The van der Waals surface area contributed by atoms with E-state index in [1.54, 1.807) is 0 Å². The second kappa shape index (κ2) is 11.1. The van der Waals surface area contributed by atoms with Gasteiger partial charge in [0.2, 0.25) is 5.91 Å². The van der Waals surface area contributed by atoms with Crippen LogP contribution in [-0.4, -0.2) is 91.7 Å². The first-order valence-electron chi connectivity index (χ1n) is 9.77. The van der Waals surface area contributed by atoms with Gasteiger partial charge in [-0.2, -0.15) is 11.8 Å². The van der Waals surface area contributed by atoms with Crippen LogP contribution in [0.1, 0.15) is 25.7 Å². The number of nitrogens with zero attached hydrogens (tertiary/aromatic N) is 3. The molecule has 0 radical (unpaired) electrons. The van der Waals surface area contributed by atoms with Crippen LogP contribution >= 0.6 is 35.7 Å². The summed E-state index contributed by atoms with van der Waals surface area (Å²) in [6.07, 6.45) is 3.85. The fourth-order valence-corrected chi connectivity index (χ4v) is 5.90. The number of thioether (sulfide) groups is 1. The lowest BCUT2D eigenvalue weighted by molar-refractivity contribution is -0.119. The number of amides is 1. The molecule has 3 heterocycles. The largest absolute Gasteiger partial charge is 0.379 e. The number of nitrogens with two attached hydrogens (primary N) is 1. The molecule has 9 heteroatoms. The Labute approximate surface area is 184 Å². The fraction of sp³-hybridized carbons (Fsp3) is 0.889. The third-order valence-corrected chi connectivity index (χ3v) is 7.09. The summed E-state index contributed by atoms with van der Waals surface area (Å²) in [5, 5.41) is 3.66. The normalized spacial score (nSPS) is 30.0. The van der Waals surface area contributed by atoms with E-state index in [1.807, 2.05) is 18.8 Å². The number of guanidine groups is 1. The molecule has 3 aliphatic rings. The third kappa shape index (κ3) is 6.11. The van der Waals surface area contributed by atoms with Crippen LogP contribution in [0.25, 0.3) is 0 Å². The topological polar surface area (TPSA) is 83.2 Å². The molecular formula is C18H34IN5O2S. The summed E-state index contributed by atoms with van der Waals surface area (Å²) in [6, 6.07) is 0. The van der Waals surface area contributed by atoms with E-state index in [0.29, 0.717) is 12.3 Å². The molecule has 0 aromatic rings. The van der Waals surface area contributed by atoms with Crippen molar-refractivity contribution in [3.05, 3.63) is 0 Å². The van der Waals surface area contributed by atoms with Crippen LogP contribution < -0.4 is 11.1 Å². The molecule has 2 atom stereocenters. The Balaban J connectivity index is 0.00000261. The number of hydrogen-bond donors (Lipinski definition) is 2.